The average Bonchev–Trinajstić information content (AvgIpc) is 4.27. The fourth-order valence-corrected chi connectivity index (χ4v) is 12.1. The first-order valence-electron chi connectivity index (χ1n) is 26.2. The number of alkyl carbamates (subject to hydrolysis) is 1. The van der Waals surface area contributed by atoms with E-state index in [1.54, 1.807) is 52.8 Å². The minimum atomic E-state index is -1.61. The maximum absolute atomic E-state index is 16.8. The number of halogens is 3. The number of imidazole rings is 2. The Morgan fingerprint density at radius 3 is 1.64 bits per heavy atom. The average molecular weight is 1030 g/mol. The van der Waals surface area contributed by atoms with Gasteiger partial charge in [0, 0.05) is 44.7 Å². The zero-order chi connectivity index (χ0) is 52.9. The summed E-state index contributed by atoms with van der Waals surface area (Å²) in [4.78, 5) is 75.6. The molecule has 6 aromatic rings. The highest BCUT2D eigenvalue weighted by Crippen LogP contribution is 2.49. The zero-order valence-corrected chi connectivity index (χ0v) is 42.9. The molecule has 4 aromatic carbocycles. The summed E-state index contributed by atoms with van der Waals surface area (Å²) >= 11 is 0. The Morgan fingerprint density at radius 2 is 1.17 bits per heavy atom. The third-order valence-corrected chi connectivity index (χ3v) is 16.0. The molecule has 5 N–H and O–H groups in total. The summed E-state index contributed by atoms with van der Waals surface area (Å²) in [5, 5.41) is 14.6. The van der Waals surface area contributed by atoms with E-state index in [9.17, 15) is 24.3 Å². The molecule has 0 saturated carbocycles. The highest BCUT2D eigenvalue weighted by Gasteiger charge is 2.42. The molecule has 6 atom stereocenters. The highest BCUT2D eigenvalue weighted by molar-refractivity contribution is 5.87. The van der Waals surface area contributed by atoms with Crippen molar-refractivity contribution in [3.05, 3.63) is 119 Å². The number of hydrogen-bond donors (Lipinski definition) is 5. The van der Waals surface area contributed by atoms with Gasteiger partial charge >= 0.3 is 12.2 Å². The molecule has 0 spiro atoms. The summed E-state index contributed by atoms with van der Waals surface area (Å²) in [6.07, 6.45) is 2.25. The molecule has 75 heavy (non-hydrogen) atoms. The van der Waals surface area contributed by atoms with Gasteiger partial charge in [0.15, 0.2) is 11.6 Å². The number of alkyl halides is 1. The van der Waals surface area contributed by atoms with E-state index in [4.69, 9.17) is 14.7 Å². The number of methoxy groups -OCH3 is 1. The van der Waals surface area contributed by atoms with Gasteiger partial charge in [-0.3, -0.25) is 9.59 Å². The number of benzene rings is 4. The second-order valence-corrected chi connectivity index (χ2v) is 21.3. The van der Waals surface area contributed by atoms with Crippen LogP contribution < -0.4 is 20.4 Å². The second kappa shape index (κ2) is 20.8. The molecule has 10 rings (SSSR count). The Balaban J connectivity index is 0.972. The minimum absolute atomic E-state index is 0.0825. The van der Waals surface area contributed by atoms with Gasteiger partial charge in [-0.2, -0.15) is 0 Å². The van der Waals surface area contributed by atoms with Crippen molar-refractivity contribution in [2.75, 3.05) is 43.1 Å². The Morgan fingerprint density at radius 1 is 0.680 bits per heavy atom. The molecule has 4 aliphatic rings. The summed E-state index contributed by atoms with van der Waals surface area (Å²) in [6.45, 7) is 8.56. The van der Waals surface area contributed by atoms with Crippen molar-refractivity contribution >= 4 is 57.4 Å². The van der Waals surface area contributed by atoms with Crippen LogP contribution in [-0.2, 0) is 20.0 Å². The number of ether oxygens (including phenoxy) is 1. The van der Waals surface area contributed by atoms with E-state index in [0.29, 0.717) is 72.7 Å². The van der Waals surface area contributed by atoms with E-state index >= 15 is 13.2 Å². The number of nitrogens with zero attached hydrogens (tertiary/aromatic N) is 6. The number of H-pyrrole nitrogens is 2. The molecule has 19 heteroatoms. The smallest absolute Gasteiger partial charge is 0.407 e. The monoisotopic (exact) mass is 1030 g/mol. The summed E-state index contributed by atoms with van der Waals surface area (Å²) < 4.78 is 54.6. The largest absolute Gasteiger partial charge is 0.465 e. The fourth-order valence-electron chi connectivity index (χ4n) is 12.1. The quantitative estimate of drug-likeness (QED) is 0.0744. The fraction of sp³-hybridized carbons (Fsp3) is 0.464. The van der Waals surface area contributed by atoms with Crippen molar-refractivity contribution in [2.45, 2.75) is 121 Å². The lowest BCUT2D eigenvalue weighted by Crippen LogP contribution is -2.51. The predicted molar refractivity (Wildman–Crippen MR) is 278 cm³/mol. The van der Waals surface area contributed by atoms with Crippen LogP contribution in [-0.4, -0.2) is 104 Å². The first-order chi connectivity index (χ1) is 36.0. The van der Waals surface area contributed by atoms with Crippen LogP contribution in [0.1, 0.15) is 132 Å². The molecule has 0 aliphatic carbocycles. The van der Waals surface area contributed by atoms with E-state index in [-0.39, 0.29) is 73.4 Å². The minimum Gasteiger partial charge on any atom is -0.465 e. The van der Waals surface area contributed by atoms with Crippen LogP contribution in [0.3, 0.4) is 0 Å². The van der Waals surface area contributed by atoms with Gasteiger partial charge in [-0.15, -0.1) is 0 Å². The molecule has 4 amide bonds. The summed E-state index contributed by atoms with van der Waals surface area (Å²) in [5.74, 6) is -1.26. The molecule has 0 unspecified atom stereocenters. The number of rotatable bonds is 13. The maximum Gasteiger partial charge on any atom is 0.407 e. The van der Waals surface area contributed by atoms with Crippen LogP contribution in [0.15, 0.2) is 78.9 Å². The van der Waals surface area contributed by atoms with Crippen molar-refractivity contribution < 1.29 is 42.2 Å². The van der Waals surface area contributed by atoms with E-state index in [1.807, 2.05) is 56.3 Å². The van der Waals surface area contributed by atoms with Gasteiger partial charge in [-0.05, 0) is 103 Å². The summed E-state index contributed by atoms with van der Waals surface area (Å²) in [7, 11) is 1.26. The molecule has 4 saturated heterocycles. The molecule has 2 aromatic heterocycles. The third kappa shape index (κ3) is 9.92. The highest BCUT2D eigenvalue weighted by atomic mass is 19.1. The van der Waals surface area contributed by atoms with Gasteiger partial charge in [0.05, 0.1) is 53.3 Å². The van der Waals surface area contributed by atoms with Crippen molar-refractivity contribution in [1.29, 1.82) is 0 Å². The van der Waals surface area contributed by atoms with Crippen LogP contribution in [0, 0.1) is 23.5 Å². The summed E-state index contributed by atoms with van der Waals surface area (Å²) in [5.41, 5.74) is 3.69. The molecule has 4 fully saturated rings. The lowest BCUT2D eigenvalue weighted by molar-refractivity contribution is -0.136. The van der Waals surface area contributed by atoms with Crippen LogP contribution in [0.5, 0.6) is 0 Å². The van der Waals surface area contributed by atoms with Crippen LogP contribution in [0.25, 0.3) is 22.1 Å². The normalized spacial score (nSPS) is 21.6. The Kier molecular flexibility index (Phi) is 14.2. The number of hydrogen-bond acceptors (Lipinski definition) is 9. The van der Waals surface area contributed by atoms with Gasteiger partial charge in [-0.25, -0.2) is 32.7 Å². The lowest BCUT2D eigenvalue weighted by Gasteiger charge is -2.38. The molecule has 396 valence electrons. The second-order valence-electron chi connectivity index (χ2n) is 21.3. The standard InChI is InChI=1S/C56H65F3N10O6/c1-31(2)47(64-54(72)73)52(70)67-23-9-13-45(67)50-60-39-17-15-33(27-41(39)62-50)43-19-20-44(69(43)36-29-37(57)49(38(58)30-36)66-25-21-56(59,22-26-66)35-11-7-6-8-12-35)34-16-18-40-42(28-34)63-51(61-40)46-14-10-24-68(46)53(71)48(32(3)4)65-55(74)75-5/h6-8,11-12,15-18,27-32,43-48,64H,9-10,13-14,19-26H2,1-5H3,(H,60,62)(H,61,63)(H,65,74)(H,72,73)/t43-,44-,45+,46+,47+,48+/m1/s1. The lowest BCUT2D eigenvalue weighted by atomic mass is 9.86. The van der Waals surface area contributed by atoms with Gasteiger partial charge in [-0.1, -0.05) is 70.2 Å². The SMILES string of the molecule is COC(=O)N[C@H](C(=O)N1CCC[C@H]1c1nc2ccc([C@H]3CC[C@H](c4ccc5nc([C@@H]6CCCN6C(=O)[C@@H](NC(=O)O)C(C)C)[nH]c5c4)N3c3cc(F)c(N4CCC(F)(c5ccccc5)CC4)c(F)c3)cc2[nH]1)C(C)C. The number of carboxylic acid groups (broad SMARTS) is 1. The third-order valence-electron chi connectivity index (χ3n) is 16.0. The van der Waals surface area contributed by atoms with E-state index in [2.05, 4.69) is 25.5 Å². The number of carbonyl (C=O) groups is 4. The van der Waals surface area contributed by atoms with Gasteiger partial charge < -0.3 is 50.0 Å². The zero-order valence-electron chi connectivity index (χ0n) is 42.9. The summed E-state index contributed by atoms with van der Waals surface area (Å²) in [6, 6.07) is 20.3. The van der Waals surface area contributed by atoms with Crippen molar-refractivity contribution in [3.8, 4) is 0 Å². The number of nitrogens with one attached hydrogen (secondary N) is 4. The van der Waals surface area contributed by atoms with Gasteiger partial charge in [0.25, 0.3) is 0 Å². The number of fused-ring (bicyclic) bond motifs is 2. The number of amides is 4. The van der Waals surface area contributed by atoms with Crippen LogP contribution in [0.4, 0.5) is 34.1 Å². The first kappa shape index (κ1) is 51.2. The molecular weight excluding hydrogens is 966 g/mol. The van der Waals surface area contributed by atoms with Gasteiger partial charge in [0.2, 0.25) is 11.8 Å². The number of likely N-dealkylation sites (tertiary alicyclic amines) is 2. The molecule has 0 bridgehead atoms. The van der Waals surface area contributed by atoms with Crippen LogP contribution >= 0.6 is 0 Å². The molecule has 6 heterocycles. The number of aromatic nitrogens is 4. The van der Waals surface area contributed by atoms with E-state index in [1.165, 1.54) is 19.2 Å². The topological polar surface area (TPSA) is 192 Å². The Bertz CT molecular complexity index is 3080. The molecular formula is C56H65F3N10O6. The van der Waals surface area contributed by atoms with Crippen LogP contribution in [0.2, 0.25) is 0 Å². The number of piperidine rings is 1. The Labute approximate surface area is 433 Å². The van der Waals surface area contributed by atoms with Crippen molar-refractivity contribution in [2.24, 2.45) is 11.8 Å². The Hall–Kier alpha value is -7.31. The van der Waals surface area contributed by atoms with Gasteiger partial charge in [0.1, 0.15) is 35.1 Å². The number of anilines is 2. The number of carbonyl (C=O) groups excluding carboxylic acids is 3. The molecule has 4 aliphatic heterocycles. The predicted octanol–water partition coefficient (Wildman–Crippen LogP) is 10.3. The molecule has 0 radical (unpaired) electrons. The first-order valence-corrected chi connectivity index (χ1v) is 26.2. The molecule has 16 nitrogen and oxygen atoms in total. The van der Waals surface area contributed by atoms with E-state index < -0.39 is 47.6 Å². The van der Waals surface area contributed by atoms with Crippen molar-refractivity contribution in [3.63, 3.8) is 0 Å². The van der Waals surface area contributed by atoms with Crippen molar-refractivity contribution in [1.82, 2.24) is 40.4 Å². The number of aromatic amines is 2. The maximum atomic E-state index is 16.8. The van der Waals surface area contributed by atoms with E-state index in [0.717, 1.165) is 35.0 Å².